The second kappa shape index (κ2) is 9.53. The highest BCUT2D eigenvalue weighted by atomic mass is 16.2. The van der Waals surface area contributed by atoms with Crippen LogP contribution in [0.5, 0.6) is 0 Å². The maximum Gasteiger partial charge on any atom is 0.222 e. The van der Waals surface area contributed by atoms with Crippen molar-refractivity contribution in [3.05, 3.63) is 77.9 Å². The van der Waals surface area contributed by atoms with Gasteiger partial charge < -0.3 is 9.80 Å². The lowest BCUT2D eigenvalue weighted by atomic mass is 10.1. The van der Waals surface area contributed by atoms with Crippen LogP contribution in [0.15, 0.2) is 66.7 Å². The zero-order valence-electron chi connectivity index (χ0n) is 17.5. The molecule has 1 saturated heterocycles. The van der Waals surface area contributed by atoms with Crippen molar-refractivity contribution in [1.29, 1.82) is 0 Å². The summed E-state index contributed by atoms with van der Waals surface area (Å²) in [4.78, 5) is 16.7. The van der Waals surface area contributed by atoms with Gasteiger partial charge in [0.1, 0.15) is 0 Å². The maximum atomic E-state index is 12.5. The van der Waals surface area contributed by atoms with Crippen molar-refractivity contribution in [3.8, 4) is 11.3 Å². The number of piperazine rings is 1. The fourth-order valence-corrected chi connectivity index (χ4v) is 3.93. The summed E-state index contributed by atoms with van der Waals surface area (Å²) in [5.74, 6) is 1.13. The predicted octanol–water partition coefficient (Wildman–Crippen LogP) is 4.12. The summed E-state index contributed by atoms with van der Waals surface area (Å²) in [6.45, 7) is 5.16. The Kier molecular flexibility index (Phi) is 6.38. The van der Waals surface area contributed by atoms with Gasteiger partial charge in [0, 0.05) is 38.2 Å². The Hall–Kier alpha value is -3.21. The Balaban J connectivity index is 1.27. The molecule has 1 aliphatic rings. The van der Waals surface area contributed by atoms with Gasteiger partial charge in [0.15, 0.2) is 5.82 Å². The van der Waals surface area contributed by atoms with Crippen LogP contribution in [0.1, 0.15) is 24.0 Å². The van der Waals surface area contributed by atoms with E-state index in [0.717, 1.165) is 56.1 Å². The van der Waals surface area contributed by atoms with E-state index in [1.807, 2.05) is 47.4 Å². The zero-order chi connectivity index (χ0) is 20.8. The van der Waals surface area contributed by atoms with Crippen LogP contribution in [0.4, 0.5) is 5.82 Å². The molecule has 30 heavy (non-hydrogen) atoms. The van der Waals surface area contributed by atoms with Gasteiger partial charge in [0.2, 0.25) is 5.91 Å². The predicted molar refractivity (Wildman–Crippen MR) is 120 cm³/mol. The van der Waals surface area contributed by atoms with Crippen molar-refractivity contribution in [2.24, 2.45) is 0 Å². The quantitative estimate of drug-likeness (QED) is 0.624. The van der Waals surface area contributed by atoms with Crippen molar-refractivity contribution < 1.29 is 4.79 Å². The normalized spacial score (nSPS) is 14.0. The highest BCUT2D eigenvalue weighted by molar-refractivity contribution is 5.76. The lowest BCUT2D eigenvalue weighted by Crippen LogP contribution is -2.49. The molecule has 1 aliphatic heterocycles. The number of rotatable bonds is 6. The lowest BCUT2D eigenvalue weighted by Gasteiger charge is -2.35. The minimum absolute atomic E-state index is 0.256. The molecule has 3 aromatic rings. The first kappa shape index (κ1) is 20.1. The van der Waals surface area contributed by atoms with Crippen LogP contribution >= 0.6 is 0 Å². The third-order valence-electron chi connectivity index (χ3n) is 5.73. The summed E-state index contributed by atoms with van der Waals surface area (Å²) in [7, 11) is 0. The average molecular weight is 401 g/mol. The average Bonchev–Trinajstić information content (AvgIpc) is 2.80. The molecule has 0 unspecified atom stereocenters. The van der Waals surface area contributed by atoms with Crippen LogP contribution < -0.4 is 4.90 Å². The molecular formula is C25H28N4O. The van der Waals surface area contributed by atoms with Gasteiger partial charge in [0.05, 0.1) is 5.69 Å². The van der Waals surface area contributed by atoms with E-state index in [-0.39, 0.29) is 5.91 Å². The number of benzene rings is 2. The van der Waals surface area contributed by atoms with Gasteiger partial charge in [-0.25, -0.2) is 0 Å². The largest absolute Gasteiger partial charge is 0.352 e. The molecule has 1 aromatic heterocycles. The minimum Gasteiger partial charge on any atom is -0.352 e. The molecule has 2 heterocycles. The third kappa shape index (κ3) is 4.85. The van der Waals surface area contributed by atoms with Gasteiger partial charge in [-0.3, -0.25) is 4.79 Å². The second-order valence-corrected chi connectivity index (χ2v) is 7.80. The van der Waals surface area contributed by atoms with Gasteiger partial charge in [-0.15, -0.1) is 10.2 Å². The summed E-state index contributed by atoms with van der Waals surface area (Å²) in [6.07, 6.45) is 2.46. The van der Waals surface area contributed by atoms with Crippen LogP contribution in [0, 0.1) is 6.92 Å². The SMILES string of the molecule is Cc1ccccc1-c1ccc(N2CCN(C(=O)CCCc3ccccc3)CC2)nn1. The number of carbonyl (C=O) groups is 1. The molecule has 1 amide bonds. The standard InChI is InChI=1S/C25H28N4O/c1-20-8-5-6-12-22(20)23-14-15-24(27-26-23)28-16-18-29(19-17-28)25(30)13-7-11-21-9-3-2-4-10-21/h2-6,8-10,12,14-15H,7,11,13,16-19H2,1H3. The molecule has 0 radical (unpaired) electrons. The smallest absolute Gasteiger partial charge is 0.222 e. The van der Waals surface area contributed by atoms with Crippen molar-refractivity contribution in [1.82, 2.24) is 15.1 Å². The summed E-state index contributed by atoms with van der Waals surface area (Å²) >= 11 is 0. The molecule has 5 heteroatoms. The molecule has 4 rings (SSSR count). The van der Waals surface area contributed by atoms with E-state index in [9.17, 15) is 4.79 Å². The van der Waals surface area contributed by atoms with Gasteiger partial charge in [-0.1, -0.05) is 54.6 Å². The monoisotopic (exact) mass is 400 g/mol. The molecule has 5 nitrogen and oxygen atoms in total. The Morgan fingerprint density at radius 2 is 1.60 bits per heavy atom. The van der Waals surface area contributed by atoms with Gasteiger partial charge in [-0.2, -0.15) is 0 Å². The molecule has 1 fully saturated rings. The first-order valence-corrected chi connectivity index (χ1v) is 10.7. The first-order chi connectivity index (χ1) is 14.7. The summed E-state index contributed by atoms with van der Waals surface area (Å²) in [5, 5.41) is 8.88. The molecule has 2 aromatic carbocycles. The van der Waals surface area contributed by atoms with E-state index >= 15 is 0 Å². The number of carbonyl (C=O) groups excluding carboxylic acids is 1. The number of aromatic nitrogens is 2. The number of aryl methyl sites for hydroxylation is 2. The highest BCUT2D eigenvalue weighted by Gasteiger charge is 2.22. The molecule has 0 bridgehead atoms. The van der Waals surface area contributed by atoms with Crippen LogP contribution in [0.3, 0.4) is 0 Å². The summed E-state index contributed by atoms with van der Waals surface area (Å²) in [5.41, 5.74) is 4.49. The Labute approximate surface area is 178 Å². The van der Waals surface area contributed by atoms with Crippen LogP contribution in [0.2, 0.25) is 0 Å². The van der Waals surface area contributed by atoms with Crippen molar-refractivity contribution in [2.75, 3.05) is 31.1 Å². The van der Waals surface area contributed by atoms with E-state index < -0.39 is 0 Å². The van der Waals surface area contributed by atoms with Crippen molar-refractivity contribution in [2.45, 2.75) is 26.2 Å². The molecule has 0 saturated carbocycles. The fourth-order valence-electron chi connectivity index (χ4n) is 3.93. The molecule has 154 valence electrons. The molecule has 0 spiro atoms. The summed E-state index contributed by atoms with van der Waals surface area (Å²) in [6, 6.07) is 22.6. The topological polar surface area (TPSA) is 49.3 Å². The van der Waals surface area contributed by atoms with E-state index in [1.54, 1.807) is 0 Å². The van der Waals surface area contributed by atoms with E-state index in [4.69, 9.17) is 0 Å². The number of hydrogen-bond acceptors (Lipinski definition) is 4. The molecule has 0 N–H and O–H groups in total. The van der Waals surface area contributed by atoms with E-state index in [1.165, 1.54) is 11.1 Å². The lowest BCUT2D eigenvalue weighted by molar-refractivity contribution is -0.131. The van der Waals surface area contributed by atoms with Crippen molar-refractivity contribution >= 4 is 11.7 Å². The van der Waals surface area contributed by atoms with Crippen molar-refractivity contribution in [3.63, 3.8) is 0 Å². The maximum absolute atomic E-state index is 12.5. The molecular weight excluding hydrogens is 372 g/mol. The minimum atomic E-state index is 0.256. The van der Waals surface area contributed by atoms with E-state index in [2.05, 4.69) is 46.3 Å². The summed E-state index contributed by atoms with van der Waals surface area (Å²) < 4.78 is 0. The zero-order valence-corrected chi connectivity index (χ0v) is 17.5. The van der Waals surface area contributed by atoms with Gasteiger partial charge in [-0.05, 0) is 43.0 Å². The number of hydrogen-bond donors (Lipinski definition) is 0. The van der Waals surface area contributed by atoms with Crippen LogP contribution in [-0.2, 0) is 11.2 Å². The first-order valence-electron chi connectivity index (χ1n) is 10.7. The van der Waals surface area contributed by atoms with E-state index in [0.29, 0.717) is 6.42 Å². The molecule has 0 aliphatic carbocycles. The van der Waals surface area contributed by atoms with Crippen LogP contribution in [0.25, 0.3) is 11.3 Å². The van der Waals surface area contributed by atoms with Gasteiger partial charge in [0.25, 0.3) is 0 Å². The highest BCUT2D eigenvalue weighted by Crippen LogP contribution is 2.22. The number of anilines is 1. The third-order valence-corrected chi connectivity index (χ3v) is 5.73. The van der Waals surface area contributed by atoms with Crippen LogP contribution in [-0.4, -0.2) is 47.2 Å². The Morgan fingerprint density at radius 1 is 0.867 bits per heavy atom. The van der Waals surface area contributed by atoms with Gasteiger partial charge >= 0.3 is 0 Å². The second-order valence-electron chi connectivity index (χ2n) is 7.80. The number of nitrogens with zero attached hydrogens (tertiary/aromatic N) is 4. The Morgan fingerprint density at radius 3 is 2.30 bits per heavy atom. The fraction of sp³-hybridized carbons (Fsp3) is 0.320. The Bertz CT molecular complexity index is 964. The molecule has 0 atom stereocenters. The number of amides is 1.